The molecule has 1 aliphatic rings. The van der Waals surface area contributed by atoms with Crippen LogP contribution in [0.4, 0.5) is 39.4 Å². The number of nitrogens with zero attached hydrogens (tertiary/aromatic N) is 2. The predicted molar refractivity (Wildman–Crippen MR) is 136 cm³/mol. The third-order valence-electron chi connectivity index (χ3n) is 6.07. The highest BCUT2D eigenvalue weighted by atomic mass is 19.4. The topological polar surface area (TPSA) is 133 Å². The summed E-state index contributed by atoms with van der Waals surface area (Å²) in [6.07, 6.45) is -3.98. The van der Waals surface area contributed by atoms with Gasteiger partial charge in [-0.1, -0.05) is 12.1 Å². The molecule has 40 heavy (non-hydrogen) atoms. The van der Waals surface area contributed by atoms with Gasteiger partial charge in [-0.3, -0.25) is 0 Å². The van der Waals surface area contributed by atoms with E-state index in [9.17, 15) is 32.3 Å². The van der Waals surface area contributed by atoms with Gasteiger partial charge < -0.3 is 30.8 Å². The van der Waals surface area contributed by atoms with E-state index in [1.807, 2.05) is 0 Å². The highest BCUT2D eigenvalue weighted by molar-refractivity contribution is 6.00. The average Bonchev–Trinajstić information content (AvgIpc) is 3.39. The number of anilines is 3. The monoisotopic (exact) mass is 553 g/mol. The molecule has 1 unspecified atom stereocenters. The lowest BCUT2D eigenvalue weighted by Crippen LogP contribution is -2.43. The number of amides is 2. The van der Waals surface area contributed by atoms with Crippen molar-refractivity contribution in [2.75, 3.05) is 15.5 Å². The number of carbonyl (C=O) groups is 2. The van der Waals surface area contributed by atoms with E-state index >= 15 is 0 Å². The number of carbonyl (C=O) groups excluding carboxylic acids is 1. The maximum atomic E-state index is 14.0. The first-order valence-electron chi connectivity index (χ1n) is 11.6. The van der Waals surface area contributed by atoms with Crippen LogP contribution >= 0.6 is 0 Å². The van der Waals surface area contributed by atoms with Gasteiger partial charge in [0.1, 0.15) is 11.6 Å². The Morgan fingerprint density at radius 2 is 1.68 bits per heavy atom. The molecule has 2 heterocycles. The van der Waals surface area contributed by atoms with Gasteiger partial charge in [0.2, 0.25) is 5.55 Å². The van der Waals surface area contributed by atoms with Gasteiger partial charge in [0.25, 0.3) is 0 Å². The number of carboxylic acid groups (broad SMARTS) is 1. The number of urea groups is 1. The molecule has 0 saturated heterocycles. The van der Waals surface area contributed by atoms with Crippen molar-refractivity contribution in [2.45, 2.75) is 12.3 Å². The van der Waals surface area contributed by atoms with Crippen molar-refractivity contribution in [1.29, 1.82) is 0 Å². The number of benzene rings is 3. The van der Waals surface area contributed by atoms with Crippen molar-refractivity contribution in [2.24, 2.45) is 10.7 Å². The molecule has 5 rings (SSSR count). The summed E-state index contributed by atoms with van der Waals surface area (Å²) in [4.78, 5) is 30.0. The first-order chi connectivity index (χ1) is 19.0. The molecular formula is C27H19F4N5O4. The zero-order valence-corrected chi connectivity index (χ0v) is 20.2. The molecule has 3 aromatic carbocycles. The summed E-state index contributed by atoms with van der Waals surface area (Å²) in [5.74, 6) is -1.80. The lowest BCUT2D eigenvalue weighted by Gasteiger charge is -2.33. The molecule has 2 amide bonds. The Labute approximate surface area is 222 Å². The maximum absolute atomic E-state index is 14.0. The number of hydrogen-bond acceptors (Lipinski definition) is 6. The molecule has 0 bridgehead atoms. The number of aromatic carboxylic acids is 1. The fourth-order valence-corrected chi connectivity index (χ4v) is 4.12. The van der Waals surface area contributed by atoms with E-state index in [0.717, 1.165) is 0 Å². The third-order valence-corrected chi connectivity index (χ3v) is 6.07. The van der Waals surface area contributed by atoms with Crippen molar-refractivity contribution in [1.82, 2.24) is 0 Å². The molecule has 0 saturated carbocycles. The Hall–Kier alpha value is -5.33. The van der Waals surface area contributed by atoms with Gasteiger partial charge in [-0.15, -0.1) is 0 Å². The normalized spacial score (nSPS) is 14.8. The van der Waals surface area contributed by atoms with Crippen LogP contribution in [0, 0.1) is 5.82 Å². The highest BCUT2D eigenvalue weighted by Gasteiger charge is 2.31. The van der Waals surface area contributed by atoms with Crippen LogP contribution in [0.25, 0.3) is 5.82 Å². The summed E-state index contributed by atoms with van der Waals surface area (Å²) in [5, 5.41) is 14.3. The minimum atomic E-state index is -4.70. The Morgan fingerprint density at radius 1 is 0.975 bits per heavy atom. The summed E-state index contributed by atoms with van der Waals surface area (Å²) in [6.45, 7) is 0. The molecule has 1 aromatic heterocycles. The van der Waals surface area contributed by atoms with Crippen molar-refractivity contribution in [3.63, 3.8) is 0 Å². The van der Waals surface area contributed by atoms with Gasteiger partial charge >= 0.3 is 18.2 Å². The van der Waals surface area contributed by atoms with Gasteiger partial charge in [-0.05, 0) is 66.2 Å². The molecule has 1 atom stereocenters. The fourth-order valence-electron chi connectivity index (χ4n) is 4.12. The second kappa shape index (κ2) is 10.1. The molecule has 0 aliphatic carbocycles. The van der Waals surface area contributed by atoms with Crippen molar-refractivity contribution >= 4 is 34.9 Å². The summed E-state index contributed by atoms with van der Waals surface area (Å²) in [7, 11) is 0. The minimum Gasteiger partial charge on any atom is -0.478 e. The van der Waals surface area contributed by atoms with Gasteiger partial charge in [0.15, 0.2) is 6.17 Å². The summed E-state index contributed by atoms with van der Waals surface area (Å²) in [5.41, 5.74) is 6.56. The SMILES string of the molecule is NC1=c2ccoc2=NC(c2ccc(C(=O)O)cc2)N1c1ccc(NC(=O)Nc2cc(C(F)(F)F)ccc2F)cc1. The van der Waals surface area contributed by atoms with E-state index in [4.69, 9.17) is 10.2 Å². The third kappa shape index (κ3) is 5.16. The summed E-state index contributed by atoms with van der Waals surface area (Å²) >= 11 is 0. The quantitative estimate of drug-likeness (QED) is 0.266. The van der Waals surface area contributed by atoms with E-state index in [2.05, 4.69) is 15.6 Å². The van der Waals surface area contributed by atoms with Crippen molar-refractivity contribution in [3.05, 3.63) is 112 Å². The van der Waals surface area contributed by atoms with E-state index in [-0.39, 0.29) is 11.3 Å². The van der Waals surface area contributed by atoms with Gasteiger partial charge in [0, 0.05) is 11.4 Å². The van der Waals surface area contributed by atoms with E-state index in [0.29, 0.717) is 46.0 Å². The average molecular weight is 553 g/mol. The van der Waals surface area contributed by atoms with Crippen LogP contribution in [0.2, 0.25) is 0 Å². The number of alkyl halides is 3. The lowest BCUT2D eigenvalue weighted by molar-refractivity contribution is -0.137. The van der Waals surface area contributed by atoms with E-state index in [1.54, 1.807) is 35.2 Å². The van der Waals surface area contributed by atoms with Gasteiger partial charge in [0.05, 0.1) is 28.3 Å². The number of carboxylic acids is 1. The molecule has 0 radical (unpaired) electrons. The van der Waals surface area contributed by atoms with Crippen LogP contribution in [0.15, 0.2) is 88.5 Å². The predicted octanol–water partition coefficient (Wildman–Crippen LogP) is 4.64. The molecule has 0 fully saturated rings. The van der Waals surface area contributed by atoms with Crippen LogP contribution in [-0.2, 0) is 6.18 Å². The number of nitrogens with one attached hydrogen (secondary N) is 2. The molecule has 204 valence electrons. The largest absolute Gasteiger partial charge is 0.478 e. The van der Waals surface area contributed by atoms with Crippen LogP contribution < -0.4 is 32.0 Å². The molecule has 0 spiro atoms. The number of rotatable bonds is 5. The first-order valence-corrected chi connectivity index (χ1v) is 11.6. The summed E-state index contributed by atoms with van der Waals surface area (Å²) in [6, 6.07) is 14.8. The number of furan rings is 1. The van der Waals surface area contributed by atoms with Crippen LogP contribution in [0.3, 0.4) is 0 Å². The Bertz CT molecular complexity index is 1720. The van der Waals surface area contributed by atoms with Crippen molar-refractivity contribution in [3.8, 4) is 0 Å². The smallest absolute Gasteiger partial charge is 0.416 e. The van der Waals surface area contributed by atoms with Crippen LogP contribution in [-0.4, -0.2) is 17.1 Å². The fraction of sp³-hybridized carbons (Fsp3) is 0.0741. The molecular weight excluding hydrogens is 534 g/mol. The van der Waals surface area contributed by atoms with Gasteiger partial charge in [-0.2, -0.15) is 13.2 Å². The standard InChI is InChI=1S/C27H19F4N5O4/c28-20-10-5-16(27(29,30)31)13-21(20)34-26(39)33-17-6-8-18(9-7-17)36-22(32)19-11-12-40-24(19)35-23(36)14-1-3-15(4-2-14)25(37)38/h1-13,23H,32H2,(H,37,38)(H2,33,34,39). The number of fused-ring (bicyclic) bond motifs is 1. The number of halogens is 4. The second-order valence-electron chi connectivity index (χ2n) is 8.64. The molecule has 9 nitrogen and oxygen atoms in total. The summed E-state index contributed by atoms with van der Waals surface area (Å²) < 4.78 is 58.3. The van der Waals surface area contributed by atoms with E-state index < -0.39 is 41.4 Å². The number of nitrogens with two attached hydrogens (primary N) is 1. The maximum Gasteiger partial charge on any atom is 0.416 e. The Morgan fingerprint density at radius 3 is 2.33 bits per heavy atom. The second-order valence-corrected chi connectivity index (χ2v) is 8.64. The zero-order valence-electron chi connectivity index (χ0n) is 20.2. The molecule has 5 N–H and O–H groups in total. The molecule has 1 aliphatic heterocycles. The van der Waals surface area contributed by atoms with Gasteiger partial charge in [-0.25, -0.2) is 19.0 Å². The van der Waals surface area contributed by atoms with Crippen LogP contribution in [0.1, 0.15) is 27.7 Å². The minimum absolute atomic E-state index is 0.0977. The van der Waals surface area contributed by atoms with E-state index in [1.165, 1.54) is 30.5 Å². The zero-order chi connectivity index (χ0) is 28.6. The lowest BCUT2D eigenvalue weighted by atomic mass is 10.1. The Kier molecular flexibility index (Phi) is 6.63. The Balaban J connectivity index is 1.39. The van der Waals surface area contributed by atoms with Crippen LogP contribution in [0.5, 0.6) is 0 Å². The molecule has 13 heteroatoms. The van der Waals surface area contributed by atoms with Crippen molar-refractivity contribution < 1.29 is 36.7 Å². The first kappa shape index (κ1) is 26.3. The highest BCUT2D eigenvalue weighted by Crippen LogP contribution is 2.34. The molecule has 4 aromatic rings. The number of hydrogen-bond donors (Lipinski definition) is 4.